The lowest BCUT2D eigenvalue weighted by Crippen LogP contribution is -2.41. The second-order valence-electron chi connectivity index (χ2n) is 4.54. The molecule has 6 heteroatoms. The average molecular weight is 287 g/mol. The Morgan fingerprint density at radius 1 is 1.56 bits per heavy atom. The lowest BCUT2D eigenvalue weighted by atomic mass is 10.1. The van der Waals surface area contributed by atoms with Gasteiger partial charge in [0.2, 0.25) is 5.91 Å². The molecule has 0 bridgehead atoms. The van der Waals surface area contributed by atoms with E-state index in [1.807, 2.05) is 23.8 Å². The third-order valence-electron chi connectivity index (χ3n) is 3.25. The van der Waals surface area contributed by atoms with E-state index < -0.39 is 9.84 Å². The van der Waals surface area contributed by atoms with E-state index in [-0.39, 0.29) is 23.5 Å². The highest BCUT2D eigenvalue weighted by Gasteiger charge is 2.33. The highest BCUT2D eigenvalue weighted by atomic mass is 32.2. The Morgan fingerprint density at radius 3 is 2.83 bits per heavy atom. The third-order valence-corrected chi connectivity index (χ3v) is 5.73. The molecular formula is C12H17NO3S2. The third kappa shape index (κ3) is 3.11. The first-order chi connectivity index (χ1) is 8.52. The highest BCUT2D eigenvalue weighted by molar-refractivity contribution is 7.91. The molecule has 2 rings (SSSR count). The molecule has 100 valence electrons. The van der Waals surface area contributed by atoms with Gasteiger partial charge in [0.1, 0.15) is 0 Å². The van der Waals surface area contributed by atoms with Gasteiger partial charge < -0.3 is 4.90 Å². The van der Waals surface area contributed by atoms with Crippen LogP contribution in [0.4, 0.5) is 0 Å². The molecule has 0 unspecified atom stereocenters. The summed E-state index contributed by atoms with van der Waals surface area (Å²) in [6.07, 6.45) is 0.944. The molecular weight excluding hydrogens is 270 g/mol. The summed E-state index contributed by atoms with van der Waals surface area (Å²) in [5.74, 6) is 0.355. The second-order valence-corrected chi connectivity index (χ2v) is 7.55. The standard InChI is InChI=1S/C12H17NO3S2/c1-2-13(11-4-6-18(15,16)9-11)12(14)7-10-3-5-17-8-10/h3,5,8,11H,2,4,6-7,9H2,1H3/t11-/m1/s1. The molecule has 0 spiro atoms. The number of sulfone groups is 1. The monoisotopic (exact) mass is 287 g/mol. The molecule has 1 fully saturated rings. The van der Waals surface area contributed by atoms with Gasteiger partial charge >= 0.3 is 0 Å². The van der Waals surface area contributed by atoms with E-state index >= 15 is 0 Å². The van der Waals surface area contributed by atoms with Gasteiger partial charge in [0, 0.05) is 12.6 Å². The molecule has 0 aromatic carbocycles. The van der Waals surface area contributed by atoms with Crippen molar-refractivity contribution in [3.8, 4) is 0 Å². The normalized spacial score (nSPS) is 21.9. The van der Waals surface area contributed by atoms with E-state index in [4.69, 9.17) is 0 Å². The Morgan fingerprint density at radius 2 is 2.33 bits per heavy atom. The van der Waals surface area contributed by atoms with Crippen LogP contribution in [0, 0.1) is 0 Å². The summed E-state index contributed by atoms with van der Waals surface area (Å²) < 4.78 is 22.9. The van der Waals surface area contributed by atoms with Crippen molar-refractivity contribution in [3.63, 3.8) is 0 Å². The average Bonchev–Trinajstić information content (AvgIpc) is 2.89. The molecule has 1 aromatic rings. The van der Waals surface area contributed by atoms with Crippen LogP contribution in [0.2, 0.25) is 0 Å². The quantitative estimate of drug-likeness (QED) is 0.839. The number of rotatable bonds is 4. The first-order valence-corrected chi connectivity index (χ1v) is 8.79. The van der Waals surface area contributed by atoms with Gasteiger partial charge in [-0.3, -0.25) is 4.79 Å². The number of carbonyl (C=O) groups is 1. The maximum atomic E-state index is 12.2. The smallest absolute Gasteiger partial charge is 0.227 e. The Kier molecular flexibility index (Phi) is 4.07. The Labute approximate surface area is 112 Å². The van der Waals surface area contributed by atoms with E-state index in [0.29, 0.717) is 19.4 Å². The summed E-state index contributed by atoms with van der Waals surface area (Å²) in [5, 5.41) is 3.90. The summed E-state index contributed by atoms with van der Waals surface area (Å²) in [6, 6.07) is 1.80. The zero-order valence-corrected chi connectivity index (χ0v) is 12.0. The largest absolute Gasteiger partial charge is 0.339 e. The van der Waals surface area contributed by atoms with Crippen LogP contribution >= 0.6 is 11.3 Å². The molecule has 2 heterocycles. The number of carbonyl (C=O) groups excluding carboxylic acids is 1. The topological polar surface area (TPSA) is 54.5 Å². The van der Waals surface area contributed by atoms with Crippen LogP contribution < -0.4 is 0 Å². The SMILES string of the molecule is CCN(C(=O)Cc1ccsc1)[C@@H]1CCS(=O)(=O)C1. The Hall–Kier alpha value is -0.880. The Bertz CT molecular complexity index is 507. The minimum atomic E-state index is -2.94. The number of hydrogen-bond donors (Lipinski definition) is 0. The van der Waals surface area contributed by atoms with Crippen LogP contribution in [0.25, 0.3) is 0 Å². The van der Waals surface area contributed by atoms with Crippen molar-refractivity contribution in [1.29, 1.82) is 0 Å². The number of hydrogen-bond acceptors (Lipinski definition) is 4. The summed E-state index contributed by atoms with van der Waals surface area (Å²) in [4.78, 5) is 13.9. The second kappa shape index (κ2) is 5.40. The van der Waals surface area contributed by atoms with E-state index in [9.17, 15) is 13.2 Å². The lowest BCUT2D eigenvalue weighted by molar-refractivity contribution is -0.132. The fourth-order valence-electron chi connectivity index (χ4n) is 2.33. The van der Waals surface area contributed by atoms with E-state index in [1.165, 1.54) is 0 Å². The van der Waals surface area contributed by atoms with Gasteiger partial charge in [-0.2, -0.15) is 11.3 Å². The molecule has 0 N–H and O–H groups in total. The molecule has 4 nitrogen and oxygen atoms in total. The molecule has 0 aliphatic carbocycles. The molecule has 1 atom stereocenters. The maximum Gasteiger partial charge on any atom is 0.227 e. The van der Waals surface area contributed by atoms with Crippen molar-refractivity contribution < 1.29 is 13.2 Å². The van der Waals surface area contributed by atoms with Crippen molar-refractivity contribution in [1.82, 2.24) is 4.90 Å². The minimum Gasteiger partial charge on any atom is -0.339 e. The molecule has 0 saturated carbocycles. The first kappa shape index (κ1) is 13.5. The first-order valence-electron chi connectivity index (χ1n) is 6.03. The molecule has 1 amide bonds. The van der Waals surface area contributed by atoms with E-state index in [2.05, 4.69) is 0 Å². The number of likely N-dealkylation sites (N-methyl/N-ethyl adjacent to an activating group) is 1. The van der Waals surface area contributed by atoms with E-state index in [0.717, 1.165) is 5.56 Å². The number of nitrogens with zero attached hydrogens (tertiary/aromatic N) is 1. The fraction of sp³-hybridized carbons (Fsp3) is 0.583. The summed E-state index contributed by atoms with van der Waals surface area (Å²) >= 11 is 1.57. The summed E-state index contributed by atoms with van der Waals surface area (Å²) in [6.45, 7) is 2.47. The van der Waals surface area contributed by atoms with Crippen molar-refractivity contribution in [2.45, 2.75) is 25.8 Å². The lowest BCUT2D eigenvalue weighted by Gasteiger charge is -2.26. The predicted molar refractivity (Wildman–Crippen MR) is 72.5 cm³/mol. The molecule has 1 aliphatic rings. The highest BCUT2D eigenvalue weighted by Crippen LogP contribution is 2.19. The van der Waals surface area contributed by atoms with Gasteiger partial charge in [0.25, 0.3) is 0 Å². The van der Waals surface area contributed by atoms with Crippen molar-refractivity contribution in [2.24, 2.45) is 0 Å². The van der Waals surface area contributed by atoms with Crippen LogP contribution in [0.1, 0.15) is 18.9 Å². The molecule has 18 heavy (non-hydrogen) atoms. The molecule has 1 aliphatic heterocycles. The van der Waals surface area contributed by atoms with Crippen molar-refractivity contribution >= 4 is 27.1 Å². The number of thiophene rings is 1. The molecule has 0 radical (unpaired) electrons. The van der Waals surface area contributed by atoms with E-state index in [1.54, 1.807) is 16.2 Å². The minimum absolute atomic E-state index is 0.0259. The Balaban J connectivity index is 2.03. The van der Waals surface area contributed by atoms with Crippen LogP contribution in [0.5, 0.6) is 0 Å². The van der Waals surface area contributed by atoms with Crippen LogP contribution in [0.3, 0.4) is 0 Å². The van der Waals surface area contributed by atoms with Crippen molar-refractivity contribution in [3.05, 3.63) is 22.4 Å². The maximum absolute atomic E-state index is 12.2. The van der Waals surface area contributed by atoms with Gasteiger partial charge in [-0.15, -0.1) is 0 Å². The fourth-order valence-corrected chi connectivity index (χ4v) is 4.73. The zero-order valence-electron chi connectivity index (χ0n) is 10.3. The molecule has 1 saturated heterocycles. The van der Waals surface area contributed by atoms with Crippen LogP contribution in [-0.2, 0) is 21.1 Å². The number of amides is 1. The zero-order chi connectivity index (χ0) is 13.2. The summed E-state index contributed by atoms with van der Waals surface area (Å²) in [7, 11) is -2.94. The molecule has 1 aromatic heterocycles. The van der Waals surface area contributed by atoms with Crippen LogP contribution in [-0.4, -0.2) is 43.3 Å². The summed E-state index contributed by atoms with van der Waals surface area (Å²) in [5.41, 5.74) is 1.00. The van der Waals surface area contributed by atoms with Crippen molar-refractivity contribution in [2.75, 3.05) is 18.1 Å². The van der Waals surface area contributed by atoms with Gasteiger partial charge in [0.15, 0.2) is 9.84 Å². The van der Waals surface area contributed by atoms with Gasteiger partial charge in [-0.05, 0) is 35.7 Å². The van der Waals surface area contributed by atoms with Crippen LogP contribution in [0.15, 0.2) is 16.8 Å². The van der Waals surface area contributed by atoms with Gasteiger partial charge in [-0.25, -0.2) is 8.42 Å². The van der Waals surface area contributed by atoms with Gasteiger partial charge in [-0.1, -0.05) is 0 Å². The van der Waals surface area contributed by atoms with Gasteiger partial charge in [0.05, 0.1) is 17.9 Å². The predicted octanol–water partition coefficient (Wildman–Crippen LogP) is 1.33.